The minimum atomic E-state index is -3.13. The van der Waals surface area contributed by atoms with E-state index in [0.717, 1.165) is 38.8 Å². The van der Waals surface area contributed by atoms with E-state index in [0.29, 0.717) is 58.6 Å². The molecule has 2 fully saturated rings. The topological polar surface area (TPSA) is 128 Å². The van der Waals surface area contributed by atoms with Gasteiger partial charge in [0.05, 0.1) is 68.9 Å². The summed E-state index contributed by atoms with van der Waals surface area (Å²) in [7, 11) is -0.0554. The fourth-order valence-electron chi connectivity index (χ4n) is 6.77. The molecular formula is C32H43N4O8P. The van der Waals surface area contributed by atoms with Crippen LogP contribution in [0.4, 0.5) is 11.4 Å². The van der Waals surface area contributed by atoms with Gasteiger partial charge in [0.25, 0.3) is 11.8 Å². The molecule has 2 saturated heterocycles. The molecule has 0 aromatic heterocycles. The van der Waals surface area contributed by atoms with Crippen LogP contribution in [0.25, 0.3) is 0 Å². The van der Waals surface area contributed by atoms with Gasteiger partial charge in [-0.25, -0.2) is 0 Å². The zero-order valence-corrected chi connectivity index (χ0v) is 27.2. The molecule has 13 heteroatoms. The van der Waals surface area contributed by atoms with Crippen LogP contribution >= 0.6 is 7.37 Å². The smallest absolute Gasteiger partial charge is 0.256 e. The van der Waals surface area contributed by atoms with E-state index in [1.165, 1.54) is 14.2 Å². The summed E-state index contributed by atoms with van der Waals surface area (Å²) < 4.78 is 42.8. The van der Waals surface area contributed by atoms with Crippen molar-refractivity contribution < 1.29 is 37.6 Å². The Bertz CT molecular complexity index is 1380. The van der Waals surface area contributed by atoms with Gasteiger partial charge in [0.1, 0.15) is 0 Å². The Balaban J connectivity index is 1.09. The predicted octanol–water partition coefficient (Wildman–Crippen LogP) is 4.54. The van der Waals surface area contributed by atoms with E-state index in [2.05, 4.69) is 10.6 Å². The Hall–Kier alpha value is -3.63. The average molecular weight is 643 g/mol. The van der Waals surface area contributed by atoms with Crippen LogP contribution in [0.15, 0.2) is 24.3 Å². The van der Waals surface area contributed by atoms with Crippen LogP contribution in [0.3, 0.4) is 0 Å². The number of carbonyl (C=O) groups excluding carboxylic acids is 2. The van der Waals surface area contributed by atoms with Crippen molar-refractivity contribution >= 4 is 30.6 Å². The molecule has 12 nitrogen and oxygen atoms in total. The highest BCUT2D eigenvalue weighted by atomic mass is 31.2. The molecular weight excluding hydrogens is 599 g/mol. The van der Waals surface area contributed by atoms with Crippen molar-refractivity contribution in [2.45, 2.75) is 44.7 Å². The Labute approximate surface area is 264 Å². The number of amides is 2. The summed E-state index contributed by atoms with van der Waals surface area (Å²) in [6.07, 6.45) is 4.32. The monoisotopic (exact) mass is 642 g/mol. The van der Waals surface area contributed by atoms with E-state index in [-0.39, 0.29) is 56.0 Å². The van der Waals surface area contributed by atoms with Gasteiger partial charge in [0.2, 0.25) is 7.37 Å². The maximum Gasteiger partial charge on any atom is 0.256 e. The third-order valence-electron chi connectivity index (χ3n) is 9.14. The highest BCUT2D eigenvalue weighted by Gasteiger charge is 2.35. The molecule has 6 rings (SSSR count). The van der Waals surface area contributed by atoms with Crippen LogP contribution in [0, 0.1) is 0 Å². The van der Waals surface area contributed by atoms with E-state index >= 15 is 0 Å². The molecule has 2 N–H and O–H groups in total. The first-order chi connectivity index (χ1) is 21.8. The van der Waals surface area contributed by atoms with Crippen LogP contribution in [-0.2, 0) is 9.09 Å². The number of nitrogens with zero attached hydrogens (tertiary/aromatic N) is 2. The van der Waals surface area contributed by atoms with E-state index < -0.39 is 7.37 Å². The zero-order chi connectivity index (χ0) is 31.6. The lowest BCUT2D eigenvalue weighted by molar-refractivity contribution is 0.0742. The summed E-state index contributed by atoms with van der Waals surface area (Å²) in [5.74, 6) is 1.82. The molecule has 244 valence electrons. The average Bonchev–Trinajstić information content (AvgIpc) is 3.67. The maximum absolute atomic E-state index is 13.8. The molecule has 2 aromatic rings. The summed E-state index contributed by atoms with van der Waals surface area (Å²) >= 11 is 0. The molecule has 4 aliphatic heterocycles. The zero-order valence-electron chi connectivity index (χ0n) is 26.3. The molecule has 0 radical (unpaired) electrons. The summed E-state index contributed by atoms with van der Waals surface area (Å²) in [4.78, 5) is 30.3. The van der Waals surface area contributed by atoms with Gasteiger partial charge >= 0.3 is 0 Å². The molecule has 2 aromatic carbocycles. The SMILES string of the molecule is CCOP(=O)(CCOc1cc2c(cc1OC)C(=O)N1CCC[C@H]1CN2)CCOc1cc2c(cc1OC)C(=O)N1CCC[C@H]1CN2. The number of fused-ring (bicyclic) bond motifs is 4. The van der Waals surface area contributed by atoms with Crippen molar-refractivity contribution in [3.8, 4) is 23.0 Å². The van der Waals surface area contributed by atoms with Crippen molar-refractivity contribution in [3.05, 3.63) is 35.4 Å². The van der Waals surface area contributed by atoms with Crippen LogP contribution in [0.2, 0.25) is 0 Å². The van der Waals surface area contributed by atoms with Crippen LogP contribution in [0.1, 0.15) is 53.3 Å². The largest absolute Gasteiger partial charge is 0.493 e. The normalized spacial score (nSPS) is 20.6. The third-order valence-corrected chi connectivity index (χ3v) is 11.6. The minimum absolute atomic E-state index is 0.00275. The van der Waals surface area contributed by atoms with E-state index in [1.54, 1.807) is 24.3 Å². The van der Waals surface area contributed by atoms with Gasteiger partial charge in [0, 0.05) is 50.4 Å². The minimum Gasteiger partial charge on any atom is -0.493 e. The Morgan fingerprint density at radius 2 is 1.22 bits per heavy atom. The Kier molecular flexibility index (Phi) is 9.33. The maximum atomic E-state index is 13.8. The molecule has 4 aliphatic rings. The van der Waals surface area contributed by atoms with E-state index in [4.69, 9.17) is 23.5 Å². The lowest BCUT2D eigenvalue weighted by Crippen LogP contribution is -2.36. The first-order valence-electron chi connectivity index (χ1n) is 15.9. The molecule has 0 unspecified atom stereocenters. The quantitative estimate of drug-likeness (QED) is 0.319. The number of nitrogens with one attached hydrogen (secondary N) is 2. The standard InChI is InChI=1S/C32H43N4O8P/c1-4-44-45(39,13-11-42-29-17-25-23(15-27(29)40-2)31(37)35-9-5-7-21(35)19-33-25)14-12-43-30-18-26-24(16-28(30)41-3)32(38)36-10-6-8-22(36)20-34-26/h15-18,21-22,33-34H,4-14,19-20H2,1-3H3/t21-,22-/m0/s1. The number of hydrogen-bond donors (Lipinski definition) is 2. The highest BCUT2D eigenvalue weighted by molar-refractivity contribution is 7.59. The molecule has 0 saturated carbocycles. The van der Waals surface area contributed by atoms with Gasteiger partial charge in [0.15, 0.2) is 23.0 Å². The van der Waals surface area contributed by atoms with Gasteiger partial charge in [-0.2, -0.15) is 0 Å². The van der Waals surface area contributed by atoms with Crippen molar-refractivity contribution in [2.24, 2.45) is 0 Å². The van der Waals surface area contributed by atoms with Crippen molar-refractivity contribution in [1.82, 2.24) is 9.80 Å². The van der Waals surface area contributed by atoms with E-state index in [9.17, 15) is 14.2 Å². The van der Waals surface area contributed by atoms with Crippen LogP contribution < -0.4 is 29.6 Å². The molecule has 0 aliphatic carbocycles. The van der Waals surface area contributed by atoms with E-state index in [1.807, 2.05) is 16.7 Å². The van der Waals surface area contributed by atoms with Gasteiger partial charge < -0.3 is 43.9 Å². The van der Waals surface area contributed by atoms with Gasteiger partial charge in [-0.15, -0.1) is 0 Å². The molecule has 0 bridgehead atoms. The fourth-order valence-corrected chi connectivity index (χ4v) is 8.46. The Morgan fingerprint density at radius 3 is 1.64 bits per heavy atom. The summed E-state index contributed by atoms with van der Waals surface area (Å²) in [5, 5.41) is 6.81. The number of ether oxygens (including phenoxy) is 4. The summed E-state index contributed by atoms with van der Waals surface area (Å²) in [6, 6.07) is 7.38. The molecule has 0 spiro atoms. The predicted molar refractivity (Wildman–Crippen MR) is 171 cm³/mol. The molecule has 2 atom stereocenters. The number of methoxy groups -OCH3 is 2. The lowest BCUT2D eigenvalue weighted by atomic mass is 10.1. The summed E-state index contributed by atoms with van der Waals surface area (Å²) in [5.41, 5.74) is 2.54. The second-order valence-corrected chi connectivity index (χ2v) is 14.6. The fraction of sp³-hybridized carbons (Fsp3) is 0.562. The first kappa shape index (κ1) is 31.4. The lowest BCUT2D eigenvalue weighted by Gasteiger charge is -2.22. The second kappa shape index (κ2) is 13.4. The van der Waals surface area contributed by atoms with Crippen molar-refractivity contribution in [2.75, 3.05) is 83.2 Å². The van der Waals surface area contributed by atoms with Gasteiger partial charge in [-0.1, -0.05) is 0 Å². The third kappa shape index (κ3) is 6.40. The number of hydrogen-bond acceptors (Lipinski definition) is 10. The van der Waals surface area contributed by atoms with Gasteiger partial charge in [-0.05, 0) is 44.7 Å². The van der Waals surface area contributed by atoms with Crippen LogP contribution in [-0.4, -0.2) is 106 Å². The number of benzene rings is 2. The number of carbonyl (C=O) groups is 2. The summed E-state index contributed by atoms with van der Waals surface area (Å²) in [6.45, 7) is 5.24. The van der Waals surface area contributed by atoms with Crippen LogP contribution in [0.5, 0.6) is 23.0 Å². The second-order valence-electron chi connectivity index (χ2n) is 11.8. The van der Waals surface area contributed by atoms with Crippen molar-refractivity contribution in [3.63, 3.8) is 0 Å². The Morgan fingerprint density at radius 1 is 0.756 bits per heavy atom. The number of rotatable bonds is 12. The van der Waals surface area contributed by atoms with Gasteiger partial charge in [-0.3, -0.25) is 14.2 Å². The van der Waals surface area contributed by atoms with Crippen molar-refractivity contribution in [1.29, 1.82) is 0 Å². The highest BCUT2D eigenvalue weighted by Crippen LogP contribution is 2.47. The molecule has 4 heterocycles. The first-order valence-corrected chi connectivity index (χ1v) is 17.9. The molecule has 2 amide bonds. The number of anilines is 2. The molecule has 45 heavy (non-hydrogen) atoms.